The molecule has 0 aromatic carbocycles. The highest BCUT2D eigenvalue weighted by Crippen LogP contribution is 2.21. The van der Waals surface area contributed by atoms with E-state index in [9.17, 15) is 18.0 Å². The smallest absolute Gasteiger partial charge is 0.384 e. The van der Waals surface area contributed by atoms with Gasteiger partial charge in [0.05, 0.1) is 5.69 Å². The fourth-order valence-corrected chi connectivity index (χ4v) is 1.37. The maximum atomic E-state index is 12.0. The SMILES string of the molecule is Cc1cc(NC(=O)NCC[C@H](O)C(F)(F)F)n(C)n1. The van der Waals surface area contributed by atoms with Gasteiger partial charge in [0.15, 0.2) is 6.10 Å². The van der Waals surface area contributed by atoms with Crippen LogP contribution in [0.2, 0.25) is 0 Å². The number of aryl methyl sites for hydroxylation is 2. The average molecular weight is 280 g/mol. The molecule has 6 nitrogen and oxygen atoms in total. The predicted octanol–water partition coefficient (Wildman–Crippen LogP) is 1.16. The van der Waals surface area contributed by atoms with Crippen molar-refractivity contribution in [3.63, 3.8) is 0 Å². The number of aliphatic hydroxyl groups is 1. The molecule has 1 rings (SSSR count). The Morgan fingerprint density at radius 3 is 2.68 bits per heavy atom. The number of urea groups is 1. The van der Waals surface area contributed by atoms with Crippen LogP contribution in [0.3, 0.4) is 0 Å². The minimum atomic E-state index is -4.67. The van der Waals surface area contributed by atoms with Crippen LogP contribution in [0.15, 0.2) is 6.07 Å². The quantitative estimate of drug-likeness (QED) is 0.774. The van der Waals surface area contributed by atoms with Gasteiger partial charge in [-0.1, -0.05) is 0 Å². The number of hydrogen-bond acceptors (Lipinski definition) is 3. The number of nitrogens with one attached hydrogen (secondary N) is 2. The highest BCUT2D eigenvalue weighted by molar-refractivity contribution is 5.88. The van der Waals surface area contributed by atoms with Crippen molar-refractivity contribution in [2.45, 2.75) is 25.6 Å². The summed E-state index contributed by atoms with van der Waals surface area (Å²) >= 11 is 0. The van der Waals surface area contributed by atoms with E-state index in [-0.39, 0.29) is 6.54 Å². The number of carbonyl (C=O) groups is 1. The molecule has 1 atom stereocenters. The largest absolute Gasteiger partial charge is 0.414 e. The second kappa shape index (κ2) is 5.91. The minimum absolute atomic E-state index is 0.288. The highest BCUT2D eigenvalue weighted by atomic mass is 19.4. The Labute approximate surface area is 107 Å². The zero-order valence-corrected chi connectivity index (χ0v) is 10.5. The summed E-state index contributed by atoms with van der Waals surface area (Å²) < 4.78 is 37.4. The maximum Gasteiger partial charge on any atom is 0.414 e. The number of aromatic nitrogens is 2. The summed E-state index contributed by atoms with van der Waals surface area (Å²) in [7, 11) is 1.62. The van der Waals surface area contributed by atoms with Crippen molar-refractivity contribution in [3.8, 4) is 0 Å². The van der Waals surface area contributed by atoms with Crippen molar-refractivity contribution in [2.75, 3.05) is 11.9 Å². The van der Waals surface area contributed by atoms with E-state index in [4.69, 9.17) is 5.11 Å². The van der Waals surface area contributed by atoms with Crippen LogP contribution in [0.25, 0.3) is 0 Å². The summed E-state index contributed by atoms with van der Waals surface area (Å²) in [6.45, 7) is 1.45. The van der Waals surface area contributed by atoms with Gasteiger partial charge in [0.2, 0.25) is 0 Å². The molecule has 0 aliphatic carbocycles. The standard InChI is InChI=1S/C10H15F3N4O2/c1-6-5-8(17(2)16-6)15-9(19)14-4-3-7(18)10(11,12)13/h5,7,18H,3-4H2,1-2H3,(H2,14,15,19)/t7-/m0/s1. The second-order valence-electron chi connectivity index (χ2n) is 4.02. The van der Waals surface area contributed by atoms with Gasteiger partial charge in [-0.15, -0.1) is 0 Å². The molecule has 0 radical (unpaired) electrons. The third-order valence-electron chi connectivity index (χ3n) is 2.32. The van der Waals surface area contributed by atoms with E-state index in [1.54, 1.807) is 20.0 Å². The number of hydrogen-bond donors (Lipinski definition) is 3. The van der Waals surface area contributed by atoms with Crippen molar-refractivity contribution in [3.05, 3.63) is 11.8 Å². The molecule has 108 valence electrons. The topological polar surface area (TPSA) is 79.2 Å². The number of alkyl halides is 3. The van der Waals surface area contributed by atoms with E-state index in [1.807, 2.05) is 0 Å². The van der Waals surface area contributed by atoms with Crippen LogP contribution in [0.5, 0.6) is 0 Å². The van der Waals surface area contributed by atoms with Crippen molar-refractivity contribution in [2.24, 2.45) is 7.05 Å². The molecule has 9 heteroatoms. The molecule has 0 aliphatic heterocycles. The summed E-state index contributed by atoms with van der Waals surface area (Å²) in [6, 6.07) is 0.960. The van der Waals surface area contributed by atoms with Crippen molar-refractivity contribution in [1.82, 2.24) is 15.1 Å². The molecule has 2 amide bonds. The molecule has 0 unspecified atom stereocenters. The Bertz CT molecular complexity index is 444. The van der Waals surface area contributed by atoms with Gasteiger partial charge in [-0.3, -0.25) is 10.00 Å². The van der Waals surface area contributed by atoms with Crippen molar-refractivity contribution < 1.29 is 23.1 Å². The van der Waals surface area contributed by atoms with Crippen LogP contribution in [0.1, 0.15) is 12.1 Å². The van der Waals surface area contributed by atoms with E-state index < -0.39 is 24.7 Å². The lowest BCUT2D eigenvalue weighted by molar-refractivity contribution is -0.204. The lowest BCUT2D eigenvalue weighted by Crippen LogP contribution is -2.36. The summed E-state index contributed by atoms with van der Waals surface area (Å²) in [5.74, 6) is 0.423. The average Bonchev–Trinajstić information content (AvgIpc) is 2.55. The number of amides is 2. The third-order valence-corrected chi connectivity index (χ3v) is 2.32. The van der Waals surface area contributed by atoms with Crippen molar-refractivity contribution >= 4 is 11.8 Å². The molecule has 0 fully saturated rings. The Morgan fingerprint density at radius 2 is 2.21 bits per heavy atom. The molecule has 1 aromatic rings. The van der Waals surface area contributed by atoms with E-state index in [1.165, 1.54) is 4.68 Å². The summed E-state index contributed by atoms with van der Waals surface area (Å²) in [6.07, 6.45) is -7.70. The third kappa shape index (κ3) is 4.78. The van der Waals surface area contributed by atoms with E-state index in [0.29, 0.717) is 11.5 Å². The Morgan fingerprint density at radius 1 is 1.58 bits per heavy atom. The fraction of sp³-hybridized carbons (Fsp3) is 0.600. The van der Waals surface area contributed by atoms with Gasteiger partial charge in [0.1, 0.15) is 5.82 Å². The van der Waals surface area contributed by atoms with Gasteiger partial charge < -0.3 is 10.4 Å². The lowest BCUT2D eigenvalue weighted by atomic mass is 10.2. The van der Waals surface area contributed by atoms with E-state index in [0.717, 1.165) is 0 Å². The molecule has 0 saturated heterocycles. The van der Waals surface area contributed by atoms with Crippen LogP contribution in [0, 0.1) is 6.92 Å². The van der Waals surface area contributed by atoms with Gasteiger partial charge in [-0.2, -0.15) is 18.3 Å². The Balaban J connectivity index is 2.35. The number of carbonyl (C=O) groups excluding carboxylic acids is 1. The Hall–Kier alpha value is -1.77. The number of halogens is 3. The normalized spacial score (nSPS) is 13.2. The summed E-state index contributed by atoms with van der Waals surface area (Å²) in [5.41, 5.74) is 0.699. The first-order chi connectivity index (χ1) is 8.70. The first-order valence-corrected chi connectivity index (χ1v) is 5.50. The van der Waals surface area contributed by atoms with Gasteiger partial charge in [-0.05, 0) is 13.3 Å². The van der Waals surface area contributed by atoms with Gasteiger partial charge in [-0.25, -0.2) is 4.79 Å². The summed E-state index contributed by atoms with van der Waals surface area (Å²) in [5, 5.41) is 17.4. The zero-order chi connectivity index (χ0) is 14.6. The number of nitrogens with zero attached hydrogens (tertiary/aromatic N) is 2. The monoisotopic (exact) mass is 280 g/mol. The fourth-order valence-electron chi connectivity index (χ4n) is 1.37. The second-order valence-corrected chi connectivity index (χ2v) is 4.02. The first kappa shape index (κ1) is 15.3. The van der Waals surface area contributed by atoms with Crippen LogP contribution >= 0.6 is 0 Å². The number of aliphatic hydroxyl groups excluding tert-OH is 1. The van der Waals surface area contributed by atoms with Crippen molar-refractivity contribution in [1.29, 1.82) is 0 Å². The molecule has 19 heavy (non-hydrogen) atoms. The molecule has 1 heterocycles. The minimum Gasteiger partial charge on any atom is -0.384 e. The van der Waals surface area contributed by atoms with Gasteiger partial charge in [0.25, 0.3) is 0 Å². The molecule has 3 N–H and O–H groups in total. The first-order valence-electron chi connectivity index (χ1n) is 5.50. The zero-order valence-electron chi connectivity index (χ0n) is 10.5. The lowest BCUT2D eigenvalue weighted by Gasteiger charge is -2.14. The van der Waals surface area contributed by atoms with E-state index >= 15 is 0 Å². The predicted molar refractivity (Wildman–Crippen MR) is 61.6 cm³/mol. The van der Waals surface area contributed by atoms with Crippen LogP contribution in [-0.4, -0.2) is 39.7 Å². The number of rotatable bonds is 4. The van der Waals surface area contributed by atoms with E-state index in [2.05, 4.69) is 15.7 Å². The Kier molecular flexibility index (Phi) is 4.76. The summed E-state index contributed by atoms with van der Waals surface area (Å²) in [4.78, 5) is 11.4. The molecule has 0 spiro atoms. The molecule has 0 aliphatic rings. The molecule has 0 bridgehead atoms. The molecule has 1 aromatic heterocycles. The molecular formula is C10H15F3N4O2. The van der Waals surface area contributed by atoms with Crippen LogP contribution < -0.4 is 10.6 Å². The molecular weight excluding hydrogens is 265 g/mol. The van der Waals surface area contributed by atoms with Crippen LogP contribution in [-0.2, 0) is 7.05 Å². The highest BCUT2D eigenvalue weighted by Gasteiger charge is 2.37. The maximum absolute atomic E-state index is 12.0. The van der Waals surface area contributed by atoms with Gasteiger partial charge in [0, 0.05) is 19.7 Å². The number of anilines is 1. The van der Waals surface area contributed by atoms with Gasteiger partial charge >= 0.3 is 12.2 Å². The molecule has 0 saturated carbocycles. The van der Waals surface area contributed by atoms with Crippen LogP contribution in [0.4, 0.5) is 23.8 Å².